The molecule has 0 N–H and O–H groups in total. The monoisotopic (exact) mass is 6370 g/mol. The Morgan fingerprint density at radius 2 is 0.00800 bits per heavy atom. The second-order valence-electron chi connectivity index (χ2n) is 0. The van der Waals surface area contributed by atoms with Gasteiger partial charge in [0.15, 0.2) is 0 Å². The van der Waals surface area contributed by atoms with E-state index in [9.17, 15) is 0 Å². The van der Waals surface area contributed by atoms with Gasteiger partial charge in [-0.05, 0) is 0 Å². The summed E-state index contributed by atoms with van der Waals surface area (Å²) in [6.07, 6.45) is 0. The summed E-state index contributed by atoms with van der Waals surface area (Å²) in [5.41, 5.74) is 0. The summed E-state index contributed by atoms with van der Waals surface area (Å²) in [7, 11) is 0. The molecule has 625 valence electrons. The van der Waals surface area contributed by atoms with Crippen LogP contribution in [0.4, 0.5) is 0 Å². The fraction of sp³-hybridized carbons (Fsp3) is 0. The van der Waals surface area contributed by atoms with Crippen LogP contribution >= 0.6 is 0 Å². The van der Waals surface area contributed by atoms with E-state index in [0.717, 1.165) is 0 Å². The van der Waals surface area contributed by atoms with Crippen molar-refractivity contribution in [3.63, 3.8) is 0 Å². The molecule has 0 nitrogen and oxygen atoms in total. The Bertz CT molecular complexity index is 0. The van der Waals surface area contributed by atoms with Crippen molar-refractivity contribution in [3.05, 3.63) is 0 Å². The summed E-state index contributed by atoms with van der Waals surface area (Å²) in [5, 5.41) is 0. The molecule has 125 radical (unpaired) electrons. The maximum absolute atomic E-state index is 0. The summed E-state index contributed by atoms with van der Waals surface area (Å²) in [6, 6.07) is 0. The van der Waals surface area contributed by atoms with Crippen molar-refractivity contribution in [1.82, 2.24) is 0 Å². The molecule has 0 aromatic carbocycles. The van der Waals surface area contributed by atoms with Crippen LogP contribution in [-0.2, 0) is 2320 Å². The van der Waals surface area contributed by atoms with Crippen LogP contribution in [0.15, 0.2) is 0 Å². The molecule has 0 saturated heterocycles. The quantitative estimate of drug-likeness (QED) is 0.313. The molecule has 0 aromatic rings. The van der Waals surface area contributed by atoms with Gasteiger partial charge in [-0.25, -0.2) is 0 Å². The SMILES string of the molecule is [V].[V].[V].[V].[V].[V].[V].[V].[V].[V].[V].[V].[V].[V].[V].[V].[V].[V].[V].[V].[V].[V].[V].[V].[V].[V].[V].[V].[V].[V].[V].[V].[V].[V].[V].[V].[V].[V].[V].[V].[V].[V].[V].[V].[V].[V].[V].[V].[V].[V].[V].[V].[V].[V].[V].[V].[V].[V].[V].[V].[V].[V].[V].[V].[V].[V].[V].[V].[V].[V].[V].[V].[V].[V].[V].[V].[V].[V].[V].[V].[V].[V].[V].[V].[V].[V].[V].[V].[V].[V].[V].[V].[V].[V].[V].[V].[V].[V].[V].[V].[V].[V].[V].[V].[V].[V].[V].[V].[V].[V].[V].[V].[V].[V].[V].[V].[V].[V].[V].[V].[V].[V].[V].[V].[V]. The molecule has 0 unspecified atom stereocenters. The Balaban J connectivity index is 0. The average Bonchev–Trinajstić information content (AvgIpc) is 0. The molecule has 125 heteroatoms. The van der Waals surface area contributed by atoms with E-state index in [1.165, 1.54) is 0 Å². The molecular formula is V125. The van der Waals surface area contributed by atoms with Gasteiger partial charge in [-0.15, -0.1) is 0 Å². The van der Waals surface area contributed by atoms with Crippen molar-refractivity contribution in [2.45, 2.75) is 0 Å². The molecule has 0 saturated carbocycles. The first-order valence-electron chi connectivity index (χ1n) is 0. The zero-order chi connectivity index (χ0) is 0. The van der Waals surface area contributed by atoms with E-state index in [4.69, 9.17) is 0 Å². The molecule has 0 aliphatic rings. The van der Waals surface area contributed by atoms with E-state index in [0.29, 0.717) is 0 Å². The fourth-order valence-corrected chi connectivity index (χ4v) is 0. The van der Waals surface area contributed by atoms with Gasteiger partial charge in [-0.3, -0.25) is 0 Å². The molecule has 0 fully saturated rings. The largest absolute Gasteiger partial charge is 0 e. The van der Waals surface area contributed by atoms with Crippen LogP contribution in [-0.4, -0.2) is 0 Å². The summed E-state index contributed by atoms with van der Waals surface area (Å²) in [6.45, 7) is 0. The van der Waals surface area contributed by atoms with E-state index in [1.807, 2.05) is 0 Å². The number of hydrogen-bond donors (Lipinski definition) is 0. The van der Waals surface area contributed by atoms with Crippen molar-refractivity contribution in [2.75, 3.05) is 0 Å². The molecule has 0 heterocycles. The third-order valence-corrected chi connectivity index (χ3v) is 0. The molecule has 0 amide bonds. The van der Waals surface area contributed by atoms with Gasteiger partial charge in [0.25, 0.3) is 0 Å². The minimum absolute atomic E-state index is 0. The van der Waals surface area contributed by atoms with Crippen LogP contribution in [0.25, 0.3) is 0 Å². The topological polar surface area (TPSA) is 0 Å². The molecular weight excluding hydrogens is 6370 g/mol. The van der Waals surface area contributed by atoms with Crippen molar-refractivity contribution in [2.24, 2.45) is 0 Å². The molecule has 0 bridgehead atoms. The average molecular weight is 6370 g/mol. The van der Waals surface area contributed by atoms with Gasteiger partial charge in [-0.2, -0.15) is 0 Å². The summed E-state index contributed by atoms with van der Waals surface area (Å²) in [5.74, 6) is 0. The van der Waals surface area contributed by atoms with Crippen LogP contribution in [0.1, 0.15) is 0 Å². The predicted molar refractivity (Wildman–Crippen MR) is 0 cm³/mol. The van der Waals surface area contributed by atoms with Gasteiger partial charge in [0, 0.05) is 2320 Å². The predicted octanol–water partition coefficient (Wildman–Crippen LogP) is -0.313. The molecule has 125 heavy (non-hydrogen) atoms. The van der Waals surface area contributed by atoms with Crippen LogP contribution in [0, 0.1) is 0 Å². The number of rotatable bonds is 0. The first kappa shape index (κ1) is 1440. The summed E-state index contributed by atoms with van der Waals surface area (Å²) >= 11 is 0. The van der Waals surface area contributed by atoms with E-state index in [2.05, 4.69) is 0 Å². The van der Waals surface area contributed by atoms with Crippen LogP contribution in [0.2, 0.25) is 0 Å². The normalized spacial score (nSPS) is 0. The molecule has 0 spiro atoms. The first-order valence-corrected chi connectivity index (χ1v) is 0. The minimum Gasteiger partial charge on any atom is 0 e. The standard InChI is InChI=1S/125V. The Hall–Kier alpha value is 73.1. The molecule has 0 aliphatic carbocycles. The van der Waals surface area contributed by atoms with Crippen molar-refractivity contribution < 1.29 is 2320 Å². The maximum Gasteiger partial charge on any atom is 0 e. The van der Waals surface area contributed by atoms with Crippen molar-refractivity contribution >= 4 is 0 Å². The van der Waals surface area contributed by atoms with Crippen molar-refractivity contribution in [3.8, 4) is 0 Å². The van der Waals surface area contributed by atoms with Gasteiger partial charge in [0.2, 0.25) is 0 Å². The van der Waals surface area contributed by atoms with Gasteiger partial charge in [0.05, 0.1) is 0 Å². The number of hydrogen-bond acceptors (Lipinski definition) is 0. The smallest absolute Gasteiger partial charge is 0 e. The third-order valence-electron chi connectivity index (χ3n) is 0. The summed E-state index contributed by atoms with van der Waals surface area (Å²) < 4.78 is 0. The molecule has 0 aromatic heterocycles. The zero-order valence-electron chi connectivity index (χ0n) is 55.9. The minimum atomic E-state index is 0. The molecule has 0 aliphatic heterocycles. The molecule has 0 atom stereocenters. The van der Waals surface area contributed by atoms with E-state index >= 15 is 0 Å². The van der Waals surface area contributed by atoms with Crippen LogP contribution in [0.5, 0.6) is 0 Å². The Morgan fingerprint density at radius 1 is 0.00800 bits per heavy atom. The Kier molecular flexibility index (Phi) is 16400. The fourth-order valence-electron chi connectivity index (χ4n) is 0. The first-order chi connectivity index (χ1) is 0. The van der Waals surface area contributed by atoms with E-state index < -0.39 is 0 Å². The van der Waals surface area contributed by atoms with E-state index in [-0.39, 0.29) is 2320 Å². The van der Waals surface area contributed by atoms with Gasteiger partial charge in [0.1, 0.15) is 0 Å². The zero-order valence-corrected chi connectivity index (χ0v) is 230. The van der Waals surface area contributed by atoms with Crippen LogP contribution in [0.3, 0.4) is 0 Å². The molecule has 0 rings (SSSR count). The van der Waals surface area contributed by atoms with Gasteiger partial charge in [-0.1, -0.05) is 0 Å². The third kappa shape index (κ3) is 1400. The van der Waals surface area contributed by atoms with Crippen LogP contribution < -0.4 is 0 Å². The van der Waals surface area contributed by atoms with E-state index in [1.54, 1.807) is 0 Å². The second-order valence-corrected chi connectivity index (χ2v) is 0. The Morgan fingerprint density at radius 3 is 0.00800 bits per heavy atom. The van der Waals surface area contributed by atoms with Gasteiger partial charge < -0.3 is 0 Å². The second kappa shape index (κ2) is 1420. The van der Waals surface area contributed by atoms with Gasteiger partial charge >= 0.3 is 0 Å². The Labute approximate surface area is 2250 Å². The van der Waals surface area contributed by atoms with Crippen molar-refractivity contribution in [1.29, 1.82) is 0 Å². The maximum atomic E-state index is 0. The summed E-state index contributed by atoms with van der Waals surface area (Å²) in [4.78, 5) is 0.